The lowest BCUT2D eigenvalue weighted by molar-refractivity contribution is 0.102. The number of amides is 1. The van der Waals surface area contributed by atoms with E-state index < -0.39 is 0 Å². The van der Waals surface area contributed by atoms with E-state index in [-0.39, 0.29) is 5.91 Å². The Morgan fingerprint density at radius 3 is 2.79 bits per heavy atom. The molecule has 0 spiro atoms. The van der Waals surface area contributed by atoms with Crippen LogP contribution in [0.5, 0.6) is 0 Å². The van der Waals surface area contributed by atoms with E-state index in [1.807, 2.05) is 18.2 Å². The average Bonchev–Trinajstić information content (AvgIpc) is 2.82. The van der Waals surface area contributed by atoms with Gasteiger partial charge in [0.15, 0.2) is 5.69 Å². The number of carbonyl (C=O) groups is 1. The average molecular weight is 364 g/mol. The Morgan fingerprint density at radius 1 is 1.21 bits per heavy atom. The van der Waals surface area contributed by atoms with Gasteiger partial charge in [-0.05, 0) is 52.9 Å². The third-order valence-corrected chi connectivity index (χ3v) is 3.35. The molecule has 0 saturated heterocycles. The Hall–Kier alpha value is -1.96. The Labute approximate surface area is 122 Å². The van der Waals surface area contributed by atoms with Crippen molar-refractivity contribution in [3.8, 4) is 0 Å². The summed E-state index contributed by atoms with van der Waals surface area (Å²) in [5, 5.41) is 10.5. The van der Waals surface area contributed by atoms with Crippen molar-refractivity contribution in [2.24, 2.45) is 0 Å². The molecule has 0 aliphatic rings. The van der Waals surface area contributed by atoms with E-state index in [0.29, 0.717) is 11.4 Å². The second-order valence-corrected chi connectivity index (χ2v) is 5.20. The zero-order valence-corrected chi connectivity index (χ0v) is 11.9. The highest BCUT2D eigenvalue weighted by molar-refractivity contribution is 14.1. The molecule has 6 heteroatoms. The van der Waals surface area contributed by atoms with Gasteiger partial charge in [0, 0.05) is 27.0 Å². The number of nitrogens with one attached hydrogen (secondary N) is 2. The molecule has 3 aromatic rings. The molecule has 2 heterocycles. The van der Waals surface area contributed by atoms with Crippen LogP contribution < -0.4 is 5.32 Å². The molecule has 0 unspecified atom stereocenters. The highest BCUT2D eigenvalue weighted by Crippen LogP contribution is 2.19. The quantitative estimate of drug-likeness (QED) is 0.687. The van der Waals surface area contributed by atoms with E-state index in [9.17, 15) is 4.79 Å². The number of carbonyl (C=O) groups excluding carboxylic acids is 1. The van der Waals surface area contributed by atoms with Gasteiger partial charge in [0.1, 0.15) is 0 Å². The number of aromatic amines is 1. The second kappa shape index (κ2) is 4.96. The first kappa shape index (κ1) is 12.1. The number of fused-ring (bicyclic) bond motifs is 1. The molecule has 94 valence electrons. The van der Waals surface area contributed by atoms with Gasteiger partial charge < -0.3 is 5.32 Å². The number of hydrogen-bond donors (Lipinski definition) is 2. The standard InChI is InChI=1S/C13H9IN4O/c14-8-1-2-11-10(7-8)12(18-17-11)13(19)16-9-3-5-15-6-4-9/h1-7H,(H,17,18)(H,15,16,19). The summed E-state index contributed by atoms with van der Waals surface area (Å²) in [6, 6.07) is 9.27. The minimum absolute atomic E-state index is 0.237. The molecule has 2 aromatic heterocycles. The number of hydrogen-bond acceptors (Lipinski definition) is 3. The van der Waals surface area contributed by atoms with Crippen LogP contribution in [0.2, 0.25) is 0 Å². The number of nitrogens with zero attached hydrogens (tertiary/aromatic N) is 2. The molecule has 2 N–H and O–H groups in total. The molecule has 1 amide bonds. The topological polar surface area (TPSA) is 70.7 Å². The van der Waals surface area contributed by atoms with Crippen LogP contribution in [0.1, 0.15) is 10.5 Å². The molecule has 0 aliphatic heterocycles. The summed E-state index contributed by atoms with van der Waals surface area (Å²) >= 11 is 2.21. The van der Waals surface area contributed by atoms with Crippen LogP contribution in [0.4, 0.5) is 5.69 Å². The minimum Gasteiger partial charge on any atom is -0.320 e. The lowest BCUT2D eigenvalue weighted by atomic mass is 10.2. The number of benzene rings is 1. The summed E-state index contributed by atoms with van der Waals surface area (Å²) in [6.07, 6.45) is 3.25. The summed E-state index contributed by atoms with van der Waals surface area (Å²) < 4.78 is 1.06. The largest absolute Gasteiger partial charge is 0.320 e. The van der Waals surface area contributed by atoms with Crippen LogP contribution in [0.3, 0.4) is 0 Å². The van der Waals surface area contributed by atoms with E-state index in [2.05, 4.69) is 43.1 Å². The van der Waals surface area contributed by atoms with Crippen molar-refractivity contribution in [1.82, 2.24) is 15.2 Å². The van der Waals surface area contributed by atoms with Crippen LogP contribution in [-0.4, -0.2) is 21.1 Å². The third kappa shape index (κ3) is 2.43. The van der Waals surface area contributed by atoms with E-state index in [1.165, 1.54) is 0 Å². The fourth-order valence-corrected chi connectivity index (χ4v) is 2.28. The lowest BCUT2D eigenvalue weighted by Gasteiger charge is -2.02. The smallest absolute Gasteiger partial charge is 0.276 e. The summed E-state index contributed by atoms with van der Waals surface area (Å²) in [5.41, 5.74) is 1.94. The molecule has 0 aliphatic carbocycles. The number of pyridine rings is 1. The van der Waals surface area contributed by atoms with Crippen molar-refractivity contribution in [2.75, 3.05) is 5.32 Å². The highest BCUT2D eigenvalue weighted by atomic mass is 127. The number of aromatic nitrogens is 3. The molecular formula is C13H9IN4O. The molecular weight excluding hydrogens is 355 g/mol. The van der Waals surface area contributed by atoms with Gasteiger partial charge in [0.05, 0.1) is 5.52 Å². The summed E-state index contributed by atoms with van der Waals surface area (Å²) in [6.45, 7) is 0. The van der Waals surface area contributed by atoms with Crippen molar-refractivity contribution in [3.63, 3.8) is 0 Å². The normalized spacial score (nSPS) is 10.6. The van der Waals surface area contributed by atoms with Gasteiger partial charge in [0.2, 0.25) is 0 Å². The number of halogens is 1. The third-order valence-electron chi connectivity index (χ3n) is 2.68. The summed E-state index contributed by atoms with van der Waals surface area (Å²) in [5.74, 6) is -0.237. The second-order valence-electron chi connectivity index (χ2n) is 3.95. The lowest BCUT2D eigenvalue weighted by Crippen LogP contribution is -2.12. The maximum atomic E-state index is 12.2. The van der Waals surface area contributed by atoms with Crippen LogP contribution in [0.15, 0.2) is 42.7 Å². The zero-order valence-electron chi connectivity index (χ0n) is 9.72. The first-order valence-corrected chi connectivity index (χ1v) is 6.67. The number of rotatable bonds is 2. The Bertz CT molecular complexity index is 739. The predicted octanol–water partition coefficient (Wildman–Crippen LogP) is 2.81. The molecule has 0 atom stereocenters. The molecule has 0 fully saturated rings. The van der Waals surface area contributed by atoms with Crippen LogP contribution in [0, 0.1) is 3.57 Å². The van der Waals surface area contributed by atoms with Crippen LogP contribution >= 0.6 is 22.6 Å². The fraction of sp³-hybridized carbons (Fsp3) is 0. The maximum absolute atomic E-state index is 12.2. The van der Waals surface area contributed by atoms with Gasteiger partial charge in [-0.2, -0.15) is 5.10 Å². The van der Waals surface area contributed by atoms with Crippen molar-refractivity contribution >= 4 is 45.1 Å². The minimum atomic E-state index is -0.237. The Kier molecular flexibility index (Phi) is 3.16. The molecule has 19 heavy (non-hydrogen) atoms. The van der Waals surface area contributed by atoms with Gasteiger partial charge in [-0.1, -0.05) is 0 Å². The van der Waals surface area contributed by atoms with E-state index in [4.69, 9.17) is 0 Å². The van der Waals surface area contributed by atoms with E-state index in [1.54, 1.807) is 24.5 Å². The van der Waals surface area contributed by atoms with Crippen LogP contribution in [-0.2, 0) is 0 Å². The van der Waals surface area contributed by atoms with Gasteiger partial charge in [0.25, 0.3) is 5.91 Å². The highest BCUT2D eigenvalue weighted by Gasteiger charge is 2.14. The fourth-order valence-electron chi connectivity index (χ4n) is 1.78. The maximum Gasteiger partial charge on any atom is 0.276 e. The molecule has 0 saturated carbocycles. The predicted molar refractivity (Wildman–Crippen MR) is 81.0 cm³/mol. The monoisotopic (exact) mass is 364 g/mol. The molecule has 3 rings (SSSR count). The number of anilines is 1. The molecule has 0 radical (unpaired) electrons. The van der Waals surface area contributed by atoms with E-state index in [0.717, 1.165) is 14.5 Å². The van der Waals surface area contributed by atoms with Crippen molar-refractivity contribution < 1.29 is 4.79 Å². The van der Waals surface area contributed by atoms with Crippen LogP contribution in [0.25, 0.3) is 10.9 Å². The Balaban J connectivity index is 1.96. The van der Waals surface area contributed by atoms with Gasteiger partial charge in [-0.15, -0.1) is 0 Å². The van der Waals surface area contributed by atoms with E-state index >= 15 is 0 Å². The van der Waals surface area contributed by atoms with Crippen molar-refractivity contribution in [2.45, 2.75) is 0 Å². The Morgan fingerprint density at radius 2 is 2.00 bits per heavy atom. The SMILES string of the molecule is O=C(Nc1ccncc1)c1n[nH]c2ccc(I)cc12. The van der Waals surface area contributed by atoms with Gasteiger partial charge in [-0.25, -0.2) is 0 Å². The van der Waals surface area contributed by atoms with Crippen molar-refractivity contribution in [3.05, 3.63) is 52.0 Å². The van der Waals surface area contributed by atoms with Gasteiger partial charge >= 0.3 is 0 Å². The van der Waals surface area contributed by atoms with Gasteiger partial charge in [-0.3, -0.25) is 14.9 Å². The summed E-state index contributed by atoms with van der Waals surface area (Å²) in [7, 11) is 0. The molecule has 0 bridgehead atoms. The number of H-pyrrole nitrogens is 1. The molecule has 5 nitrogen and oxygen atoms in total. The first-order valence-electron chi connectivity index (χ1n) is 5.59. The first-order chi connectivity index (χ1) is 9.24. The summed E-state index contributed by atoms with van der Waals surface area (Å²) in [4.78, 5) is 16.1. The van der Waals surface area contributed by atoms with Crippen molar-refractivity contribution in [1.29, 1.82) is 0 Å². The molecule has 1 aromatic carbocycles. The zero-order chi connectivity index (χ0) is 13.2.